The predicted octanol–water partition coefficient (Wildman–Crippen LogP) is 2.19. The van der Waals surface area contributed by atoms with E-state index in [1.165, 1.54) is 32.4 Å². The van der Waals surface area contributed by atoms with Gasteiger partial charge in [-0.25, -0.2) is 0 Å². The summed E-state index contributed by atoms with van der Waals surface area (Å²) in [6.45, 7) is 0.371. The number of methoxy groups -OCH3 is 2. The third-order valence-corrected chi connectivity index (χ3v) is 3.68. The third-order valence-electron chi connectivity index (χ3n) is 3.68. The summed E-state index contributed by atoms with van der Waals surface area (Å²) in [7, 11) is 2.85. The molecular weight excluding hydrogens is 338 g/mol. The number of nitrogens with one attached hydrogen (secondary N) is 1. The highest BCUT2D eigenvalue weighted by molar-refractivity contribution is 5.91. The van der Waals surface area contributed by atoms with Crippen LogP contribution in [0.5, 0.6) is 28.7 Å². The standard InChI is InChI=1S/C19H21NO6/c1-25-16-10-13(11-17(26-2)19(16)24)4-6-18(23)20-8-7-12-3-5-14(21)15(22)9-12/h3-6,9-11,21-22,24H,7-8H2,1-2H3,(H,20,23)/b6-4+. The molecular formula is C19H21NO6. The SMILES string of the molecule is COc1cc(/C=C/C(=O)NCCc2ccc(O)c(O)c2)cc(OC)c1O. The Bertz CT molecular complexity index is 791. The van der Waals surface area contributed by atoms with Gasteiger partial charge in [0.15, 0.2) is 23.0 Å². The topological polar surface area (TPSA) is 108 Å². The smallest absolute Gasteiger partial charge is 0.244 e. The zero-order valence-electron chi connectivity index (χ0n) is 14.5. The Balaban J connectivity index is 1.93. The molecule has 0 saturated heterocycles. The molecule has 2 rings (SSSR count). The van der Waals surface area contributed by atoms with Crippen LogP contribution in [0.4, 0.5) is 0 Å². The maximum Gasteiger partial charge on any atom is 0.244 e. The van der Waals surface area contributed by atoms with Crippen LogP contribution >= 0.6 is 0 Å². The van der Waals surface area contributed by atoms with Gasteiger partial charge in [0.2, 0.25) is 11.7 Å². The van der Waals surface area contributed by atoms with Gasteiger partial charge >= 0.3 is 0 Å². The van der Waals surface area contributed by atoms with Crippen LogP contribution in [0.2, 0.25) is 0 Å². The van der Waals surface area contributed by atoms with Crippen molar-refractivity contribution in [2.45, 2.75) is 6.42 Å². The molecule has 0 heterocycles. The number of phenols is 3. The minimum atomic E-state index is -0.293. The summed E-state index contributed by atoms with van der Waals surface area (Å²) in [6.07, 6.45) is 3.44. The molecule has 7 heteroatoms. The van der Waals surface area contributed by atoms with Crippen LogP contribution in [0.25, 0.3) is 6.08 Å². The Labute approximate surface area is 151 Å². The number of ether oxygens (including phenoxy) is 2. The van der Waals surface area contributed by atoms with Gasteiger partial charge in [0.1, 0.15) is 0 Å². The number of amides is 1. The number of phenolic OH excluding ortho intramolecular Hbond substituents is 3. The molecule has 0 aliphatic carbocycles. The van der Waals surface area contributed by atoms with Gasteiger partial charge < -0.3 is 30.1 Å². The fourth-order valence-corrected chi connectivity index (χ4v) is 2.30. The van der Waals surface area contributed by atoms with Crippen molar-refractivity contribution in [3.8, 4) is 28.7 Å². The highest BCUT2D eigenvalue weighted by Gasteiger charge is 2.10. The average molecular weight is 359 g/mol. The Kier molecular flexibility index (Phi) is 6.32. The zero-order valence-corrected chi connectivity index (χ0v) is 14.5. The van der Waals surface area contributed by atoms with E-state index < -0.39 is 0 Å². The molecule has 0 radical (unpaired) electrons. The van der Waals surface area contributed by atoms with Crippen molar-refractivity contribution in [3.05, 3.63) is 47.5 Å². The van der Waals surface area contributed by atoms with E-state index in [9.17, 15) is 20.1 Å². The second-order valence-corrected chi connectivity index (χ2v) is 5.47. The second kappa shape index (κ2) is 8.66. The van der Waals surface area contributed by atoms with Crippen LogP contribution in [-0.4, -0.2) is 42.0 Å². The van der Waals surface area contributed by atoms with Crippen LogP contribution in [0.15, 0.2) is 36.4 Å². The van der Waals surface area contributed by atoms with Gasteiger partial charge in [-0.05, 0) is 47.9 Å². The molecule has 0 bridgehead atoms. The minimum Gasteiger partial charge on any atom is -0.504 e. The van der Waals surface area contributed by atoms with Crippen molar-refractivity contribution in [2.24, 2.45) is 0 Å². The van der Waals surface area contributed by atoms with Crippen molar-refractivity contribution in [1.29, 1.82) is 0 Å². The number of carbonyl (C=O) groups is 1. The Morgan fingerprint density at radius 2 is 1.69 bits per heavy atom. The molecule has 0 unspecified atom stereocenters. The molecule has 138 valence electrons. The van der Waals surface area contributed by atoms with Crippen molar-refractivity contribution < 1.29 is 29.6 Å². The quantitative estimate of drug-likeness (QED) is 0.446. The summed E-state index contributed by atoms with van der Waals surface area (Å²) in [6, 6.07) is 7.69. The van der Waals surface area contributed by atoms with Crippen molar-refractivity contribution in [3.63, 3.8) is 0 Å². The maximum absolute atomic E-state index is 11.9. The minimum absolute atomic E-state index is 0.103. The van der Waals surface area contributed by atoms with Crippen molar-refractivity contribution >= 4 is 12.0 Å². The van der Waals surface area contributed by atoms with Gasteiger partial charge in [0.25, 0.3) is 0 Å². The number of aromatic hydroxyl groups is 3. The zero-order chi connectivity index (χ0) is 19.1. The van der Waals surface area contributed by atoms with E-state index in [4.69, 9.17) is 9.47 Å². The lowest BCUT2D eigenvalue weighted by Gasteiger charge is -2.09. The van der Waals surface area contributed by atoms with E-state index in [2.05, 4.69) is 5.32 Å². The molecule has 2 aromatic rings. The summed E-state index contributed by atoms with van der Waals surface area (Å²) in [5.41, 5.74) is 1.42. The summed E-state index contributed by atoms with van der Waals surface area (Å²) in [5, 5.41) is 31.3. The summed E-state index contributed by atoms with van der Waals surface area (Å²) < 4.78 is 10.1. The van der Waals surface area contributed by atoms with Gasteiger partial charge in [-0.1, -0.05) is 6.07 Å². The molecule has 0 aliphatic heterocycles. The Hall–Kier alpha value is -3.35. The molecule has 0 aliphatic rings. The van der Waals surface area contributed by atoms with Gasteiger partial charge in [-0.3, -0.25) is 4.79 Å². The summed E-state index contributed by atoms with van der Waals surface area (Å²) >= 11 is 0. The van der Waals surface area contributed by atoms with Crippen LogP contribution < -0.4 is 14.8 Å². The van der Waals surface area contributed by atoms with Gasteiger partial charge in [0.05, 0.1) is 14.2 Å². The van der Waals surface area contributed by atoms with Crippen molar-refractivity contribution in [1.82, 2.24) is 5.32 Å². The monoisotopic (exact) mass is 359 g/mol. The van der Waals surface area contributed by atoms with Crippen LogP contribution in [0, 0.1) is 0 Å². The van der Waals surface area contributed by atoms with Gasteiger partial charge in [-0.15, -0.1) is 0 Å². The normalized spacial score (nSPS) is 10.7. The highest BCUT2D eigenvalue weighted by Crippen LogP contribution is 2.37. The van der Waals surface area contributed by atoms with Gasteiger partial charge in [0, 0.05) is 12.6 Å². The first-order valence-corrected chi connectivity index (χ1v) is 7.86. The van der Waals surface area contributed by atoms with E-state index >= 15 is 0 Å². The molecule has 4 N–H and O–H groups in total. The van der Waals surface area contributed by atoms with E-state index in [0.29, 0.717) is 18.5 Å². The Morgan fingerprint density at radius 1 is 1.04 bits per heavy atom. The Morgan fingerprint density at radius 3 is 2.27 bits per heavy atom. The lowest BCUT2D eigenvalue weighted by atomic mass is 10.1. The van der Waals surface area contributed by atoms with E-state index in [-0.39, 0.29) is 34.7 Å². The van der Waals surface area contributed by atoms with Crippen molar-refractivity contribution in [2.75, 3.05) is 20.8 Å². The van der Waals surface area contributed by atoms with Crippen LogP contribution in [-0.2, 0) is 11.2 Å². The molecule has 0 fully saturated rings. The number of hydrogen-bond donors (Lipinski definition) is 4. The molecule has 1 amide bonds. The molecule has 0 aromatic heterocycles. The van der Waals surface area contributed by atoms with Gasteiger partial charge in [-0.2, -0.15) is 0 Å². The highest BCUT2D eigenvalue weighted by atomic mass is 16.5. The lowest BCUT2D eigenvalue weighted by molar-refractivity contribution is -0.116. The first kappa shape index (κ1) is 19.0. The summed E-state index contributed by atoms with van der Waals surface area (Å²) in [5.74, 6) is -0.273. The first-order valence-electron chi connectivity index (χ1n) is 7.86. The average Bonchev–Trinajstić information content (AvgIpc) is 2.63. The van der Waals surface area contributed by atoms with E-state index in [1.54, 1.807) is 24.3 Å². The molecule has 0 saturated carbocycles. The number of carbonyl (C=O) groups excluding carboxylic acids is 1. The largest absolute Gasteiger partial charge is 0.504 e. The molecule has 0 spiro atoms. The maximum atomic E-state index is 11.9. The molecule has 26 heavy (non-hydrogen) atoms. The lowest BCUT2D eigenvalue weighted by Crippen LogP contribution is -2.23. The molecule has 2 aromatic carbocycles. The third kappa shape index (κ3) is 4.83. The number of hydrogen-bond acceptors (Lipinski definition) is 6. The van der Waals surface area contributed by atoms with E-state index in [1.807, 2.05) is 0 Å². The fourth-order valence-electron chi connectivity index (χ4n) is 2.30. The predicted molar refractivity (Wildman–Crippen MR) is 96.7 cm³/mol. The summed E-state index contributed by atoms with van der Waals surface area (Å²) in [4.78, 5) is 11.9. The number of rotatable bonds is 7. The second-order valence-electron chi connectivity index (χ2n) is 5.47. The first-order chi connectivity index (χ1) is 12.4. The number of benzene rings is 2. The van der Waals surface area contributed by atoms with E-state index in [0.717, 1.165) is 5.56 Å². The molecule has 0 atom stereocenters. The fraction of sp³-hybridized carbons (Fsp3) is 0.211. The van der Waals surface area contributed by atoms with Crippen LogP contribution in [0.1, 0.15) is 11.1 Å². The van der Waals surface area contributed by atoms with Crippen LogP contribution in [0.3, 0.4) is 0 Å². The molecule has 7 nitrogen and oxygen atoms in total.